The van der Waals surface area contributed by atoms with Gasteiger partial charge in [-0.05, 0) is 98.2 Å². The number of halogens is 3. The fraction of sp³-hybridized carbons (Fsp3) is 0.250. The van der Waals surface area contributed by atoms with E-state index in [0.29, 0.717) is 37.1 Å². The molecular weight excluding hydrogens is 599 g/mol. The first-order valence-electron chi connectivity index (χ1n) is 13.2. The molecule has 0 saturated heterocycles. The predicted molar refractivity (Wildman–Crippen MR) is 171 cm³/mol. The molecule has 0 atom stereocenters. The maximum atomic E-state index is 13.6. The standard InChI is InChI=1S/C32H29Cl3N2O3S/c1-18-10-19(2)12-23(11-18)37-31(38)29-24-6-4-5-7-28(24)41-32(29)36-16-20-13-26(35)30(27(14-20)39-3)40-17-21-8-9-22(33)15-25(21)34/h8-16H,4-7,17H2,1-3H3,(H,37,38). The quantitative estimate of drug-likeness (QED) is 0.198. The lowest BCUT2D eigenvalue weighted by atomic mass is 9.95. The molecule has 212 valence electrons. The molecule has 0 saturated carbocycles. The minimum absolute atomic E-state index is 0.137. The lowest BCUT2D eigenvalue weighted by molar-refractivity contribution is 0.102. The highest BCUT2D eigenvalue weighted by molar-refractivity contribution is 7.16. The van der Waals surface area contributed by atoms with E-state index in [4.69, 9.17) is 49.3 Å². The van der Waals surface area contributed by atoms with Crippen LogP contribution in [0.15, 0.2) is 53.5 Å². The van der Waals surface area contributed by atoms with Gasteiger partial charge in [-0.25, -0.2) is 4.99 Å². The van der Waals surface area contributed by atoms with Gasteiger partial charge in [-0.3, -0.25) is 4.79 Å². The van der Waals surface area contributed by atoms with Crippen molar-refractivity contribution in [1.82, 2.24) is 0 Å². The van der Waals surface area contributed by atoms with Crippen molar-refractivity contribution in [2.45, 2.75) is 46.1 Å². The number of carbonyl (C=O) groups excluding carboxylic acids is 1. The van der Waals surface area contributed by atoms with E-state index in [2.05, 4.69) is 11.4 Å². The Hall–Kier alpha value is -3.03. The number of aliphatic imine (C=N–C) groups is 1. The number of rotatable bonds is 8. The fourth-order valence-corrected chi connectivity index (χ4v) is 6.96. The van der Waals surface area contributed by atoms with Gasteiger partial charge in [0.15, 0.2) is 11.5 Å². The Morgan fingerprint density at radius 3 is 2.49 bits per heavy atom. The highest BCUT2D eigenvalue weighted by Crippen LogP contribution is 2.41. The van der Waals surface area contributed by atoms with Crippen molar-refractivity contribution < 1.29 is 14.3 Å². The summed E-state index contributed by atoms with van der Waals surface area (Å²) in [7, 11) is 1.55. The summed E-state index contributed by atoms with van der Waals surface area (Å²) in [4.78, 5) is 19.6. The highest BCUT2D eigenvalue weighted by atomic mass is 35.5. The number of amides is 1. The van der Waals surface area contributed by atoms with Crippen LogP contribution in [0.1, 0.15) is 55.9 Å². The number of anilines is 1. The van der Waals surface area contributed by atoms with Crippen LogP contribution in [0.4, 0.5) is 10.7 Å². The minimum Gasteiger partial charge on any atom is -0.493 e. The molecule has 5 rings (SSSR count). The van der Waals surface area contributed by atoms with Crippen molar-refractivity contribution in [3.05, 3.63) is 102 Å². The molecule has 4 aromatic rings. The van der Waals surface area contributed by atoms with Gasteiger partial charge in [-0.15, -0.1) is 11.3 Å². The molecule has 1 N–H and O–H groups in total. The normalized spacial score (nSPS) is 12.8. The smallest absolute Gasteiger partial charge is 0.259 e. The van der Waals surface area contributed by atoms with E-state index in [0.717, 1.165) is 59.2 Å². The molecule has 1 aliphatic carbocycles. The molecule has 1 amide bonds. The van der Waals surface area contributed by atoms with Crippen molar-refractivity contribution in [3.8, 4) is 11.5 Å². The number of benzene rings is 3. The molecule has 1 aliphatic rings. The second kappa shape index (κ2) is 12.9. The molecule has 1 aromatic heterocycles. The van der Waals surface area contributed by atoms with Crippen molar-refractivity contribution >= 4 is 68.9 Å². The third kappa shape index (κ3) is 6.90. The zero-order valence-electron chi connectivity index (χ0n) is 22.9. The molecule has 0 spiro atoms. The van der Waals surface area contributed by atoms with Crippen molar-refractivity contribution in [3.63, 3.8) is 0 Å². The Kier molecular flexibility index (Phi) is 9.25. The molecule has 1 heterocycles. The van der Waals surface area contributed by atoms with Crippen LogP contribution in [0.3, 0.4) is 0 Å². The Bertz CT molecular complexity index is 1630. The summed E-state index contributed by atoms with van der Waals surface area (Å²) in [5.41, 5.74) is 6.23. The summed E-state index contributed by atoms with van der Waals surface area (Å²) in [6.07, 6.45) is 5.72. The number of carbonyl (C=O) groups is 1. The van der Waals surface area contributed by atoms with Crippen LogP contribution >= 0.6 is 46.1 Å². The van der Waals surface area contributed by atoms with Gasteiger partial charge >= 0.3 is 0 Å². The number of fused-ring (bicyclic) bond motifs is 1. The number of methoxy groups -OCH3 is 1. The second-order valence-electron chi connectivity index (χ2n) is 10.0. The average Bonchev–Trinajstić information content (AvgIpc) is 3.30. The minimum atomic E-state index is -0.137. The molecule has 3 aromatic carbocycles. The first-order valence-corrected chi connectivity index (χ1v) is 15.2. The zero-order chi connectivity index (χ0) is 29.1. The molecule has 5 nitrogen and oxygen atoms in total. The number of ether oxygens (including phenoxy) is 2. The molecular formula is C32H29Cl3N2O3S. The summed E-state index contributed by atoms with van der Waals surface area (Å²) in [5.74, 6) is 0.724. The molecule has 0 fully saturated rings. The number of hydrogen-bond donors (Lipinski definition) is 1. The number of nitrogens with one attached hydrogen (secondary N) is 1. The summed E-state index contributed by atoms with van der Waals surface area (Å²) in [6.45, 7) is 4.24. The van der Waals surface area contributed by atoms with Crippen LogP contribution < -0.4 is 14.8 Å². The maximum absolute atomic E-state index is 13.6. The second-order valence-corrected chi connectivity index (χ2v) is 12.4. The van der Waals surface area contributed by atoms with Crippen molar-refractivity contribution in [1.29, 1.82) is 0 Å². The van der Waals surface area contributed by atoms with Gasteiger partial charge < -0.3 is 14.8 Å². The third-order valence-electron chi connectivity index (χ3n) is 6.83. The Morgan fingerprint density at radius 1 is 1.00 bits per heavy atom. The molecule has 0 aliphatic heterocycles. The lowest BCUT2D eigenvalue weighted by Crippen LogP contribution is -2.15. The maximum Gasteiger partial charge on any atom is 0.259 e. The molecule has 9 heteroatoms. The van der Waals surface area contributed by atoms with Crippen LogP contribution in [-0.2, 0) is 19.4 Å². The van der Waals surface area contributed by atoms with Crippen LogP contribution in [0.25, 0.3) is 0 Å². The predicted octanol–water partition coefficient (Wildman–Crippen LogP) is 9.79. The van der Waals surface area contributed by atoms with E-state index >= 15 is 0 Å². The van der Waals surface area contributed by atoms with E-state index in [1.54, 1.807) is 55.0 Å². The summed E-state index contributed by atoms with van der Waals surface area (Å²) in [6, 6.07) is 14.8. The van der Waals surface area contributed by atoms with E-state index < -0.39 is 0 Å². The third-order valence-corrected chi connectivity index (χ3v) is 8.90. The Labute approximate surface area is 259 Å². The van der Waals surface area contributed by atoms with E-state index in [9.17, 15) is 4.79 Å². The number of nitrogens with zero attached hydrogens (tertiary/aromatic N) is 1. The van der Waals surface area contributed by atoms with Gasteiger partial charge in [0.1, 0.15) is 11.6 Å². The average molecular weight is 628 g/mol. The molecule has 41 heavy (non-hydrogen) atoms. The summed E-state index contributed by atoms with van der Waals surface area (Å²) >= 11 is 20.5. The van der Waals surface area contributed by atoms with Gasteiger partial charge in [0.2, 0.25) is 0 Å². The molecule has 0 bridgehead atoms. The van der Waals surface area contributed by atoms with Gasteiger partial charge in [0.05, 0.1) is 17.7 Å². The zero-order valence-corrected chi connectivity index (χ0v) is 26.0. The van der Waals surface area contributed by atoms with Crippen LogP contribution in [0, 0.1) is 13.8 Å². The van der Waals surface area contributed by atoms with Gasteiger partial charge in [0.25, 0.3) is 5.91 Å². The Morgan fingerprint density at radius 2 is 1.76 bits per heavy atom. The van der Waals surface area contributed by atoms with Crippen molar-refractivity contribution in [2.75, 3.05) is 12.4 Å². The number of hydrogen-bond acceptors (Lipinski definition) is 5. The first kappa shape index (κ1) is 29.5. The number of thiophene rings is 1. The molecule has 0 radical (unpaired) electrons. The van der Waals surface area contributed by atoms with E-state index in [1.807, 2.05) is 26.0 Å². The van der Waals surface area contributed by atoms with Crippen LogP contribution in [-0.4, -0.2) is 19.2 Å². The van der Waals surface area contributed by atoms with Gasteiger partial charge in [0, 0.05) is 32.4 Å². The topological polar surface area (TPSA) is 59.9 Å². The highest BCUT2D eigenvalue weighted by Gasteiger charge is 2.25. The fourth-order valence-electron chi connectivity index (χ4n) is 4.99. The van der Waals surface area contributed by atoms with Crippen LogP contribution in [0.2, 0.25) is 15.1 Å². The Balaban J connectivity index is 1.41. The monoisotopic (exact) mass is 626 g/mol. The largest absolute Gasteiger partial charge is 0.493 e. The van der Waals surface area contributed by atoms with E-state index in [1.165, 1.54) is 4.88 Å². The van der Waals surface area contributed by atoms with E-state index in [-0.39, 0.29) is 12.5 Å². The lowest BCUT2D eigenvalue weighted by Gasteiger charge is -2.14. The van der Waals surface area contributed by atoms with Gasteiger partial charge in [-0.2, -0.15) is 0 Å². The first-order chi connectivity index (χ1) is 19.7. The summed E-state index contributed by atoms with van der Waals surface area (Å²) < 4.78 is 11.6. The van der Waals surface area contributed by atoms with Crippen molar-refractivity contribution in [2.24, 2.45) is 4.99 Å². The SMILES string of the molecule is COc1cc(C=Nc2sc3c(c2C(=O)Nc2cc(C)cc(C)c2)CCCC3)cc(Cl)c1OCc1ccc(Cl)cc1Cl. The van der Waals surface area contributed by atoms with Crippen LogP contribution in [0.5, 0.6) is 11.5 Å². The summed E-state index contributed by atoms with van der Waals surface area (Å²) in [5, 5.41) is 5.22. The van der Waals surface area contributed by atoms with Gasteiger partial charge in [-0.1, -0.05) is 46.9 Å². The number of aryl methyl sites for hydroxylation is 3. The molecule has 0 unspecified atom stereocenters.